The van der Waals surface area contributed by atoms with Gasteiger partial charge in [0, 0.05) is 30.3 Å². The highest BCUT2D eigenvalue weighted by Gasteiger charge is 2.23. The summed E-state index contributed by atoms with van der Waals surface area (Å²) in [5.41, 5.74) is 7.45. The molecular formula is C13H14FN3O. The smallest absolute Gasteiger partial charge is 0.123 e. The van der Waals surface area contributed by atoms with Gasteiger partial charge in [-0.15, -0.1) is 0 Å². The monoisotopic (exact) mass is 247 g/mol. The van der Waals surface area contributed by atoms with E-state index in [0.717, 1.165) is 16.9 Å². The number of nitrogens with zero attached hydrogens (tertiary/aromatic N) is 2. The van der Waals surface area contributed by atoms with Crippen molar-refractivity contribution in [2.45, 2.75) is 25.6 Å². The van der Waals surface area contributed by atoms with Crippen LogP contribution < -0.4 is 10.5 Å². The van der Waals surface area contributed by atoms with Crippen molar-refractivity contribution in [2.24, 2.45) is 5.73 Å². The molecule has 4 nitrogen and oxygen atoms in total. The molecule has 18 heavy (non-hydrogen) atoms. The van der Waals surface area contributed by atoms with Crippen LogP contribution in [-0.2, 0) is 19.5 Å². The van der Waals surface area contributed by atoms with Crippen LogP contribution in [0.3, 0.4) is 0 Å². The van der Waals surface area contributed by atoms with E-state index in [1.54, 1.807) is 12.3 Å². The predicted octanol–water partition coefficient (Wildman–Crippen LogP) is 1.48. The van der Waals surface area contributed by atoms with Crippen molar-refractivity contribution in [3.8, 4) is 5.75 Å². The van der Waals surface area contributed by atoms with E-state index < -0.39 is 0 Å². The molecule has 0 fully saturated rings. The second kappa shape index (κ2) is 4.42. The van der Waals surface area contributed by atoms with E-state index in [0.29, 0.717) is 19.5 Å². The second-order valence-electron chi connectivity index (χ2n) is 4.47. The molecule has 1 unspecified atom stereocenters. The van der Waals surface area contributed by atoms with Gasteiger partial charge in [-0.05, 0) is 18.2 Å². The molecular weight excluding hydrogens is 233 g/mol. The molecule has 2 N–H and O–H groups in total. The molecule has 0 aliphatic carbocycles. The summed E-state index contributed by atoms with van der Waals surface area (Å²) >= 11 is 0. The molecule has 1 aromatic heterocycles. The summed E-state index contributed by atoms with van der Waals surface area (Å²) in [6, 6.07) is 4.63. The van der Waals surface area contributed by atoms with Gasteiger partial charge in [0.2, 0.25) is 0 Å². The summed E-state index contributed by atoms with van der Waals surface area (Å²) in [5, 5.41) is 4.21. The van der Waals surface area contributed by atoms with Crippen LogP contribution in [0.4, 0.5) is 4.39 Å². The lowest BCUT2D eigenvalue weighted by molar-refractivity contribution is 0.203. The molecule has 2 aromatic rings. The number of benzene rings is 1. The quantitative estimate of drug-likeness (QED) is 0.894. The third-order valence-electron chi connectivity index (χ3n) is 3.08. The van der Waals surface area contributed by atoms with Crippen LogP contribution >= 0.6 is 0 Å². The van der Waals surface area contributed by atoms with Gasteiger partial charge in [-0.25, -0.2) is 4.39 Å². The lowest BCUT2D eigenvalue weighted by atomic mass is 10.1. The molecule has 0 amide bonds. The van der Waals surface area contributed by atoms with Gasteiger partial charge in [-0.2, -0.15) is 5.10 Å². The molecule has 3 rings (SSSR count). The highest BCUT2D eigenvalue weighted by Crippen LogP contribution is 2.29. The number of aromatic nitrogens is 2. The van der Waals surface area contributed by atoms with Crippen LogP contribution in [0.2, 0.25) is 0 Å². The van der Waals surface area contributed by atoms with E-state index in [4.69, 9.17) is 10.5 Å². The van der Waals surface area contributed by atoms with Gasteiger partial charge in [0.1, 0.15) is 17.7 Å². The number of ether oxygens (including phenoxy) is 1. The SMILES string of the molecule is NCc1cnn(CC2Cc3cc(F)ccc3O2)c1. The number of hydrogen-bond acceptors (Lipinski definition) is 3. The molecule has 0 radical (unpaired) electrons. The number of fused-ring (bicyclic) bond motifs is 1. The Hall–Kier alpha value is -1.88. The first kappa shape index (κ1) is 11.2. The minimum Gasteiger partial charge on any atom is -0.488 e. The van der Waals surface area contributed by atoms with E-state index in [2.05, 4.69) is 5.10 Å². The average Bonchev–Trinajstić information content (AvgIpc) is 2.95. The summed E-state index contributed by atoms with van der Waals surface area (Å²) in [7, 11) is 0. The molecule has 0 saturated heterocycles. The first-order chi connectivity index (χ1) is 8.74. The molecule has 1 atom stereocenters. The maximum Gasteiger partial charge on any atom is 0.123 e. The number of rotatable bonds is 3. The minimum atomic E-state index is -0.220. The lowest BCUT2D eigenvalue weighted by Crippen LogP contribution is -2.21. The maximum atomic E-state index is 13.1. The van der Waals surface area contributed by atoms with Gasteiger partial charge < -0.3 is 10.5 Å². The van der Waals surface area contributed by atoms with Crippen LogP contribution in [0.1, 0.15) is 11.1 Å². The fraction of sp³-hybridized carbons (Fsp3) is 0.308. The predicted molar refractivity (Wildman–Crippen MR) is 64.6 cm³/mol. The highest BCUT2D eigenvalue weighted by molar-refractivity contribution is 5.37. The molecule has 94 valence electrons. The van der Waals surface area contributed by atoms with E-state index in [9.17, 15) is 4.39 Å². The molecule has 1 aliphatic heterocycles. The van der Waals surface area contributed by atoms with Crippen LogP contribution in [-0.4, -0.2) is 15.9 Å². The van der Waals surface area contributed by atoms with Crippen LogP contribution in [0.5, 0.6) is 5.75 Å². The largest absolute Gasteiger partial charge is 0.488 e. The molecule has 2 heterocycles. The molecule has 0 spiro atoms. The van der Waals surface area contributed by atoms with E-state index in [1.807, 2.05) is 10.9 Å². The van der Waals surface area contributed by atoms with Gasteiger partial charge in [0.25, 0.3) is 0 Å². The molecule has 1 aliphatic rings. The Morgan fingerprint density at radius 3 is 3.17 bits per heavy atom. The van der Waals surface area contributed by atoms with Gasteiger partial charge in [0.15, 0.2) is 0 Å². The third-order valence-corrected chi connectivity index (χ3v) is 3.08. The molecule has 0 saturated carbocycles. The Labute approximate surface area is 104 Å². The first-order valence-corrected chi connectivity index (χ1v) is 5.91. The average molecular weight is 247 g/mol. The fourth-order valence-electron chi connectivity index (χ4n) is 2.21. The first-order valence-electron chi connectivity index (χ1n) is 5.91. The normalized spacial score (nSPS) is 17.6. The third kappa shape index (κ3) is 2.09. The van der Waals surface area contributed by atoms with E-state index in [-0.39, 0.29) is 11.9 Å². The Kier molecular flexibility index (Phi) is 2.76. The summed E-state index contributed by atoms with van der Waals surface area (Å²) in [4.78, 5) is 0. The molecule has 1 aromatic carbocycles. The van der Waals surface area contributed by atoms with Crippen molar-refractivity contribution < 1.29 is 9.13 Å². The lowest BCUT2D eigenvalue weighted by Gasteiger charge is -2.10. The summed E-state index contributed by atoms with van der Waals surface area (Å²) < 4.78 is 20.6. The number of nitrogens with two attached hydrogens (primary N) is 1. The zero-order chi connectivity index (χ0) is 12.5. The second-order valence-corrected chi connectivity index (χ2v) is 4.47. The van der Waals surface area contributed by atoms with Gasteiger partial charge >= 0.3 is 0 Å². The van der Waals surface area contributed by atoms with E-state index in [1.165, 1.54) is 12.1 Å². The summed E-state index contributed by atoms with van der Waals surface area (Å²) in [6.45, 7) is 1.13. The van der Waals surface area contributed by atoms with Crippen molar-refractivity contribution in [3.05, 3.63) is 47.5 Å². The fourth-order valence-corrected chi connectivity index (χ4v) is 2.21. The van der Waals surface area contributed by atoms with Gasteiger partial charge in [-0.1, -0.05) is 0 Å². The van der Waals surface area contributed by atoms with Crippen molar-refractivity contribution in [3.63, 3.8) is 0 Å². The summed E-state index contributed by atoms with van der Waals surface area (Å²) in [6.07, 6.45) is 4.38. The van der Waals surface area contributed by atoms with Crippen LogP contribution in [0, 0.1) is 5.82 Å². The van der Waals surface area contributed by atoms with Crippen molar-refractivity contribution >= 4 is 0 Å². The highest BCUT2D eigenvalue weighted by atomic mass is 19.1. The topological polar surface area (TPSA) is 53.1 Å². The van der Waals surface area contributed by atoms with Gasteiger partial charge in [0.05, 0.1) is 12.7 Å². The maximum absolute atomic E-state index is 13.1. The van der Waals surface area contributed by atoms with Crippen molar-refractivity contribution in [2.75, 3.05) is 0 Å². The van der Waals surface area contributed by atoms with E-state index >= 15 is 0 Å². The molecule has 5 heteroatoms. The Morgan fingerprint density at radius 2 is 2.39 bits per heavy atom. The Bertz CT molecular complexity index is 567. The number of halogens is 1. The van der Waals surface area contributed by atoms with Crippen LogP contribution in [0.25, 0.3) is 0 Å². The summed E-state index contributed by atoms with van der Waals surface area (Å²) in [5.74, 6) is 0.551. The van der Waals surface area contributed by atoms with Crippen LogP contribution in [0.15, 0.2) is 30.6 Å². The van der Waals surface area contributed by atoms with Crippen molar-refractivity contribution in [1.29, 1.82) is 0 Å². The number of hydrogen-bond donors (Lipinski definition) is 1. The minimum absolute atomic E-state index is 0.00678. The zero-order valence-electron chi connectivity index (χ0n) is 9.84. The van der Waals surface area contributed by atoms with Crippen molar-refractivity contribution in [1.82, 2.24) is 9.78 Å². The van der Waals surface area contributed by atoms with Gasteiger partial charge in [-0.3, -0.25) is 4.68 Å². The zero-order valence-corrected chi connectivity index (χ0v) is 9.84. The molecule has 0 bridgehead atoms. The Morgan fingerprint density at radius 1 is 1.50 bits per heavy atom. The Balaban J connectivity index is 1.70. The standard InChI is InChI=1S/C13H14FN3O/c14-11-1-2-13-10(3-11)4-12(18-13)8-17-7-9(5-15)6-16-17/h1-3,6-7,12H,4-5,8,15H2.